The van der Waals surface area contributed by atoms with E-state index in [0.717, 1.165) is 30.0 Å². The first-order valence-corrected chi connectivity index (χ1v) is 10.0. The van der Waals surface area contributed by atoms with E-state index < -0.39 is 5.92 Å². The topological polar surface area (TPSA) is 74.8 Å². The van der Waals surface area contributed by atoms with Crippen molar-refractivity contribution in [3.63, 3.8) is 0 Å². The quantitative estimate of drug-likeness (QED) is 0.807. The van der Waals surface area contributed by atoms with E-state index in [1.165, 1.54) is 5.56 Å². The highest BCUT2D eigenvalue weighted by molar-refractivity contribution is 6.13. The van der Waals surface area contributed by atoms with Crippen molar-refractivity contribution in [3.05, 3.63) is 47.7 Å². The Labute approximate surface area is 170 Å². The van der Waals surface area contributed by atoms with Gasteiger partial charge in [-0.1, -0.05) is 6.07 Å². The fourth-order valence-corrected chi connectivity index (χ4v) is 3.76. The summed E-state index contributed by atoms with van der Waals surface area (Å²) in [5.74, 6) is -0.676. The number of anilines is 3. The van der Waals surface area contributed by atoms with Crippen molar-refractivity contribution in [2.45, 2.75) is 20.3 Å². The second-order valence-corrected chi connectivity index (χ2v) is 7.59. The van der Waals surface area contributed by atoms with Gasteiger partial charge in [-0.05, 0) is 55.7 Å². The molecule has 0 unspecified atom stereocenters. The minimum absolute atomic E-state index is 0.157. The molecule has 1 atom stereocenters. The van der Waals surface area contributed by atoms with Crippen LogP contribution in [-0.4, -0.2) is 49.6 Å². The van der Waals surface area contributed by atoms with Crippen molar-refractivity contribution in [1.82, 2.24) is 4.98 Å². The molecule has 4 rings (SSSR count). The fraction of sp³-hybridized carbons (Fsp3) is 0.409. The number of rotatable bonds is 4. The van der Waals surface area contributed by atoms with Gasteiger partial charge >= 0.3 is 0 Å². The Bertz CT molecular complexity index is 907. The van der Waals surface area contributed by atoms with Crippen LogP contribution in [0.2, 0.25) is 0 Å². The van der Waals surface area contributed by atoms with Gasteiger partial charge in [0.05, 0.1) is 25.1 Å². The van der Waals surface area contributed by atoms with Crippen LogP contribution in [-0.2, 0) is 14.3 Å². The number of aromatic nitrogens is 1. The van der Waals surface area contributed by atoms with E-state index in [0.29, 0.717) is 32.0 Å². The van der Waals surface area contributed by atoms with Crippen molar-refractivity contribution in [2.75, 3.05) is 48.0 Å². The second kappa shape index (κ2) is 8.21. The Morgan fingerprint density at radius 2 is 1.83 bits per heavy atom. The molecule has 2 aromatic rings. The minimum atomic E-state index is -0.683. The highest BCUT2D eigenvalue weighted by atomic mass is 16.5. The Morgan fingerprint density at radius 1 is 1.07 bits per heavy atom. The molecule has 1 aromatic carbocycles. The van der Waals surface area contributed by atoms with Crippen LogP contribution < -0.4 is 15.1 Å². The molecule has 2 fully saturated rings. The Balaban J connectivity index is 1.39. The summed E-state index contributed by atoms with van der Waals surface area (Å²) in [5, 5.41) is 2.80. The number of pyridine rings is 1. The van der Waals surface area contributed by atoms with Gasteiger partial charge in [-0.25, -0.2) is 4.98 Å². The minimum Gasteiger partial charge on any atom is -0.378 e. The highest BCUT2D eigenvalue weighted by Crippen LogP contribution is 2.28. The number of ether oxygens (including phenoxy) is 1. The predicted octanol–water partition coefficient (Wildman–Crippen LogP) is 2.53. The molecule has 2 amide bonds. The molecule has 2 aliphatic heterocycles. The van der Waals surface area contributed by atoms with Crippen LogP contribution in [0.3, 0.4) is 0 Å². The summed E-state index contributed by atoms with van der Waals surface area (Å²) in [6.07, 6.45) is 2.25. The second-order valence-electron chi connectivity index (χ2n) is 7.59. The van der Waals surface area contributed by atoms with Crippen molar-refractivity contribution < 1.29 is 14.3 Å². The number of amides is 2. The molecule has 0 bridgehead atoms. The molecule has 7 nitrogen and oxygen atoms in total. The standard InChI is InChI=1S/C22H26N4O3/c1-15-3-4-17(13-16(15)2)26-8-7-19(22(26)28)21(27)24-20-6-5-18(14-23-20)25-9-11-29-12-10-25/h3-6,13-14,19H,7-12H2,1-2H3,(H,23,24,27)/t19-/m1/s1. The summed E-state index contributed by atoms with van der Waals surface area (Å²) in [6.45, 7) is 7.69. The SMILES string of the molecule is Cc1ccc(N2CC[C@H](C(=O)Nc3ccc(N4CCOCC4)cn3)C2=O)cc1C. The largest absolute Gasteiger partial charge is 0.378 e. The molecule has 0 spiro atoms. The average Bonchev–Trinajstić information content (AvgIpc) is 3.13. The molecule has 152 valence electrons. The Hall–Kier alpha value is -2.93. The third-order valence-corrected chi connectivity index (χ3v) is 5.70. The van der Waals surface area contributed by atoms with Crippen LogP contribution in [0, 0.1) is 19.8 Å². The number of nitrogens with one attached hydrogen (secondary N) is 1. The average molecular weight is 394 g/mol. The molecule has 0 saturated carbocycles. The summed E-state index contributed by atoms with van der Waals surface area (Å²) in [7, 11) is 0. The smallest absolute Gasteiger partial charge is 0.239 e. The summed E-state index contributed by atoms with van der Waals surface area (Å²) in [6, 6.07) is 9.66. The van der Waals surface area contributed by atoms with Gasteiger partial charge in [0, 0.05) is 25.3 Å². The van der Waals surface area contributed by atoms with Gasteiger partial charge in [0.2, 0.25) is 11.8 Å². The summed E-state index contributed by atoms with van der Waals surface area (Å²) >= 11 is 0. The third-order valence-electron chi connectivity index (χ3n) is 5.70. The molecule has 0 aliphatic carbocycles. The molecular weight excluding hydrogens is 368 g/mol. The van der Waals surface area contributed by atoms with E-state index in [1.807, 2.05) is 38.1 Å². The fourth-order valence-electron chi connectivity index (χ4n) is 3.76. The number of hydrogen-bond acceptors (Lipinski definition) is 5. The van der Waals surface area contributed by atoms with Crippen molar-refractivity contribution in [3.8, 4) is 0 Å². The zero-order valence-electron chi connectivity index (χ0n) is 16.9. The van der Waals surface area contributed by atoms with E-state index in [4.69, 9.17) is 4.74 Å². The number of nitrogens with zero attached hydrogens (tertiary/aromatic N) is 3. The maximum Gasteiger partial charge on any atom is 0.239 e. The highest BCUT2D eigenvalue weighted by Gasteiger charge is 2.37. The van der Waals surface area contributed by atoms with E-state index in [1.54, 1.807) is 17.2 Å². The molecule has 29 heavy (non-hydrogen) atoms. The number of carbonyl (C=O) groups excluding carboxylic acids is 2. The van der Waals surface area contributed by atoms with Crippen LogP contribution in [0.15, 0.2) is 36.5 Å². The van der Waals surface area contributed by atoms with Gasteiger partial charge in [-0.2, -0.15) is 0 Å². The van der Waals surface area contributed by atoms with Gasteiger partial charge in [0.1, 0.15) is 11.7 Å². The van der Waals surface area contributed by atoms with Gasteiger partial charge in [0.25, 0.3) is 0 Å². The maximum atomic E-state index is 12.8. The summed E-state index contributed by atoms with van der Waals surface area (Å²) in [4.78, 5) is 33.8. The number of benzene rings is 1. The molecule has 1 N–H and O–H groups in total. The lowest BCUT2D eigenvalue weighted by Crippen LogP contribution is -2.36. The predicted molar refractivity (Wildman–Crippen MR) is 112 cm³/mol. The van der Waals surface area contributed by atoms with Gasteiger partial charge in [-0.15, -0.1) is 0 Å². The van der Waals surface area contributed by atoms with E-state index in [9.17, 15) is 9.59 Å². The monoisotopic (exact) mass is 394 g/mol. The number of morpholine rings is 1. The van der Waals surface area contributed by atoms with Crippen LogP contribution in [0.1, 0.15) is 17.5 Å². The first kappa shape index (κ1) is 19.4. The summed E-state index contributed by atoms with van der Waals surface area (Å²) < 4.78 is 5.36. The molecule has 3 heterocycles. The zero-order chi connectivity index (χ0) is 20.4. The lowest BCUT2D eigenvalue weighted by Gasteiger charge is -2.28. The normalized spacial score (nSPS) is 19.5. The molecule has 2 aliphatic rings. The van der Waals surface area contributed by atoms with Crippen LogP contribution in [0.25, 0.3) is 0 Å². The van der Waals surface area contributed by atoms with E-state index in [-0.39, 0.29) is 11.8 Å². The molecule has 2 saturated heterocycles. The maximum absolute atomic E-state index is 12.8. The Morgan fingerprint density at radius 3 is 2.52 bits per heavy atom. The number of aryl methyl sites for hydroxylation is 2. The third kappa shape index (κ3) is 4.10. The lowest BCUT2D eigenvalue weighted by molar-refractivity contribution is -0.129. The van der Waals surface area contributed by atoms with Gasteiger partial charge in [0.15, 0.2) is 0 Å². The van der Waals surface area contributed by atoms with E-state index in [2.05, 4.69) is 15.2 Å². The molecule has 1 aromatic heterocycles. The zero-order valence-corrected chi connectivity index (χ0v) is 16.9. The molecule has 7 heteroatoms. The first-order valence-electron chi connectivity index (χ1n) is 10.0. The van der Waals surface area contributed by atoms with Crippen LogP contribution >= 0.6 is 0 Å². The van der Waals surface area contributed by atoms with Crippen molar-refractivity contribution >= 4 is 29.0 Å². The van der Waals surface area contributed by atoms with Crippen LogP contribution in [0.4, 0.5) is 17.2 Å². The van der Waals surface area contributed by atoms with Crippen molar-refractivity contribution in [2.24, 2.45) is 5.92 Å². The van der Waals surface area contributed by atoms with E-state index >= 15 is 0 Å². The van der Waals surface area contributed by atoms with Gasteiger partial charge < -0.3 is 19.9 Å². The Kier molecular flexibility index (Phi) is 5.49. The first-order chi connectivity index (χ1) is 14.0. The van der Waals surface area contributed by atoms with Gasteiger partial charge in [-0.3, -0.25) is 9.59 Å². The molecule has 0 radical (unpaired) electrons. The number of carbonyl (C=O) groups is 2. The summed E-state index contributed by atoms with van der Waals surface area (Å²) in [5.41, 5.74) is 4.17. The van der Waals surface area contributed by atoms with Crippen LogP contribution in [0.5, 0.6) is 0 Å². The van der Waals surface area contributed by atoms with Crippen molar-refractivity contribution in [1.29, 1.82) is 0 Å². The molecular formula is C22H26N4O3. The lowest BCUT2D eigenvalue weighted by atomic mass is 10.1. The number of hydrogen-bond donors (Lipinski definition) is 1.